The second kappa shape index (κ2) is 7.25. The summed E-state index contributed by atoms with van der Waals surface area (Å²) in [4.78, 5) is 0. The highest BCUT2D eigenvalue weighted by Gasteiger charge is 2.27. The topological polar surface area (TPSA) is 12.0 Å². The first kappa shape index (κ1) is 15.6. The van der Waals surface area contributed by atoms with Gasteiger partial charge in [0.15, 0.2) is 0 Å². The van der Waals surface area contributed by atoms with Crippen LogP contribution in [0.4, 0.5) is 4.39 Å². The third-order valence-corrected chi connectivity index (χ3v) is 4.74. The Bertz CT molecular complexity index is 375. The molecular formula is C15H23BrFN. The van der Waals surface area contributed by atoms with Crippen molar-refractivity contribution < 1.29 is 4.39 Å². The van der Waals surface area contributed by atoms with Crippen LogP contribution in [-0.2, 0) is 6.42 Å². The van der Waals surface area contributed by atoms with Crippen molar-refractivity contribution in [3.8, 4) is 0 Å². The summed E-state index contributed by atoms with van der Waals surface area (Å²) in [7, 11) is 0. The van der Waals surface area contributed by atoms with E-state index in [1.54, 1.807) is 6.07 Å². The van der Waals surface area contributed by atoms with E-state index in [-0.39, 0.29) is 11.2 Å². The van der Waals surface area contributed by atoms with Crippen LogP contribution in [0.3, 0.4) is 0 Å². The van der Waals surface area contributed by atoms with Crippen molar-refractivity contribution in [1.82, 2.24) is 5.32 Å². The fraction of sp³-hybridized carbons (Fsp3) is 0.600. The van der Waals surface area contributed by atoms with Crippen LogP contribution in [0.2, 0.25) is 0 Å². The zero-order valence-electron chi connectivity index (χ0n) is 11.5. The second-order valence-electron chi connectivity index (χ2n) is 4.88. The molecule has 1 aromatic carbocycles. The maximum absolute atomic E-state index is 13.6. The highest BCUT2D eigenvalue weighted by Crippen LogP contribution is 2.33. The Morgan fingerprint density at radius 3 is 2.44 bits per heavy atom. The van der Waals surface area contributed by atoms with Crippen LogP contribution < -0.4 is 5.32 Å². The van der Waals surface area contributed by atoms with Crippen molar-refractivity contribution in [2.24, 2.45) is 5.41 Å². The van der Waals surface area contributed by atoms with Gasteiger partial charge in [-0.1, -0.05) is 32.9 Å². The van der Waals surface area contributed by atoms with E-state index in [0.717, 1.165) is 37.9 Å². The van der Waals surface area contributed by atoms with Crippen LogP contribution in [0.15, 0.2) is 22.7 Å². The Hall–Kier alpha value is -0.410. The Labute approximate surface area is 118 Å². The third kappa shape index (κ3) is 3.79. The van der Waals surface area contributed by atoms with Crippen LogP contribution in [0, 0.1) is 11.2 Å². The molecule has 0 amide bonds. The molecule has 0 aromatic heterocycles. The van der Waals surface area contributed by atoms with E-state index < -0.39 is 0 Å². The van der Waals surface area contributed by atoms with Gasteiger partial charge in [-0.3, -0.25) is 0 Å². The second-order valence-corrected chi connectivity index (χ2v) is 5.67. The molecule has 0 spiro atoms. The van der Waals surface area contributed by atoms with Crippen molar-refractivity contribution in [3.63, 3.8) is 0 Å². The Morgan fingerprint density at radius 1 is 1.22 bits per heavy atom. The number of hydrogen-bond donors (Lipinski definition) is 1. The standard InChI is InChI=1S/C15H23BrFN/c1-4-15(5-2,11-18-6-3)10-12-8-7-9-13(17)14(12)16/h7-9,18H,4-6,10-11H2,1-3H3. The lowest BCUT2D eigenvalue weighted by molar-refractivity contribution is 0.248. The van der Waals surface area contributed by atoms with Crippen molar-refractivity contribution in [3.05, 3.63) is 34.1 Å². The average Bonchev–Trinajstić information content (AvgIpc) is 2.40. The summed E-state index contributed by atoms with van der Waals surface area (Å²) in [6.45, 7) is 8.52. The fourth-order valence-corrected chi connectivity index (χ4v) is 2.70. The van der Waals surface area contributed by atoms with Gasteiger partial charge in [0.2, 0.25) is 0 Å². The zero-order valence-corrected chi connectivity index (χ0v) is 13.1. The summed E-state index contributed by atoms with van der Waals surface area (Å²) in [6, 6.07) is 5.30. The SMILES string of the molecule is CCNCC(CC)(CC)Cc1cccc(F)c1Br. The monoisotopic (exact) mass is 315 g/mol. The highest BCUT2D eigenvalue weighted by atomic mass is 79.9. The van der Waals surface area contributed by atoms with E-state index in [9.17, 15) is 4.39 Å². The average molecular weight is 316 g/mol. The van der Waals surface area contributed by atoms with E-state index in [4.69, 9.17) is 0 Å². The van der Waals surface area contributed by atoms with Crippen molar-refractivity contribution in [1.29, 1.82) is 0 Å². The first-order valence-electron chi connectivity index (χ1n) is 6.72. The van der Waals surface area contributed by atoms with Crippen molar-refractivity contribution >= 4 is 15.9 Å². The Kier molecular flexibility index (Phi) is 6.30. The first-order valence-corrected chi connectivity index (χ1v) is 7.51. The molecule has 0 saturated heterocycles. The number of hydrogen-bond acceptors (Lipinski definition) is 1. The molecule has 0 bridgehead atoms. The summed E-state index contributed by atoms with van der Waals surface area (Å²) in [5.41, 5.74) is 1.28. The number of halogens is 2. The van der Waals surface area contributed by atoms with Gasteiger partial charge in [-0.05, 0) is 58.8 Å². The lowest BCUT2D eigenvalue weighted by atomic mass is 9.77. The quantitative estimate of drug-likeness (QED) is 0.778. The van der Waals surface area contributed by atoms with Crippen LogP contribution in [0.25, 0.3) is 0 Å². The minimum absolute atomic E-state index is 0.169. The molecule has 0 unspecified atom stereocenters. The summed E-state index contributed by atoms with van der Waals surface area (Å²) in [5, 5.41) is 3.44. The first-order chi connectivity index (χ1) is 8.58. The molecule has 1 rings (SSSR count). The van der Waals surface area contributed by atoms with Gasteiger partial charge >= 0.3 is 0 Å². The maximum Gasteiger partial charge on any atom is 0.137 e. The predicted molar refractivity (Wildman–Crippen MR) is 79.4 cm³/mol. The van der Waals surface area contributed by atoms with Gasteiger partial charge in [-0.25, -0.2) is 4.39 Å². The Morgan fingerprint density at radius 2 is 1.89 bits per heavy atom. The van der Waals surface area contributed by atoms with Crippen molar-refractivity contribution in [2.75, 3.05) is 13.1 Å². The zero-order chi connectivity index (χ0) is 13.6. The van der Waals surface area contributed by atoms with Gasteiger partial charge in [-0.2, -0.15) is 0 Å². The molecule has 18 heavy (non-hydrogen) atoms. The van der Waals surface area contributed by atoms with Crippen LogP contribution in [0.1, 0.15) is 39.2 Å². The molecule has 1 nitrogen and oxygen atoms in total. The van der Waals surface area contributed by atoms with Gasteiger partial charge in [0, 0.05) is 6.54 Å². The van der Waals surface area contributed by atoms with E-state index in [1.807, 2.05) is 6.07 Å². The minimum Gasteiger partial charge on any atom is -0.316 e. The molecule has 102 valence electrons. The number of nitrogens with one attached hydrogen (secondary N) is 1. The lowest BCUT2D eigenvalue weighted by Gasteiger charge is -2.32. The van der Waals surface area contributed by atoms with E-state index in [2.05, 4.69) is 42.0 Å². The molecule has 0 heterocycles. The fourth-order valence-electron chi connectivity index (χ4n) is 2.29. The summed E-state index contributed by atoms with van der Waals surface area (Å²) < 4.78 is 14.2. The van der Waals surface area contributed by atoms with E-state index >= 15 is 0 Å². The smallest absolute Gasteiger partial charge is 0.137 e. The molecule has 0 aliphatic carbocycles. The Balaban J connectivity index is 2.92. The molecular weight excluding hydrogens is 293 g/mol. The number of rotatable bonds is 7. The van der Waals surface area contributed by atoms with Crippen LogP contribution in [-0.4, -0.2) is 13.1 Å². The van der Waals surface area contributed by atoms with E-state index in [1.165, 1.54) is 6.07 Å². The molecule has 0 radical (unpaired) electrons. The molecule has 3 heteroatoms. The van der Waals surface area contributed by atoms with Gasteiger partial charge in [-0.15, -0.1) is 0 Å². The highest BCUT2D eigenvalue weighted by molar-refractivity contribution is 9.10. The summed E-state index contributed by atoms with van der Waals surface area (Å²) in [6.07, 6.45) is 3.10. The molecule has 1 aromatic rings. The normalized spacial score (nSPS) is 11.8. The molecule has 1 N–H and O–H groups in total. The molecule has 0 atom stereocenters. The molecule has 0 fully saturated rings. The van der Waals surface area contributed by atoms with Gasteiger partial charge < -0.3 is 5.32 Å². The predicted octanol–water partition coefficient (Wildman–Crippen LogP) is 4.55. The van der Waals surface area contributed by atoms with Crippen LogP contribution in [0.5, 0.6) is 0 Å². The molecule has 0 aliphatic rings. The van der Waals surface area contributed by atoms with Crippen molar-refractivity contribution in [2.45, 2.75) is 40.0 Å². The van der Waals surface area contributed by atoms with Crippen LogP contribution >= 0.6 is 15.9 Å². The van der Waals surface area contributed by atoms with E-state index in [0.29, 0.717) is 4.47 Å². The number of benzene rings is 1. The van der Waals surface area contributed by atoms with Gasteiger partial charge in [0.05, 0.1) is 4.47 Å². The summed E-state index contributed by atoms with van der Waals surface area (Å²) in [5.74, 6) is -0.169. The lowest BCUT2D eigenvalue weighted by Crippen LogP contribution is -2.35. The van der Waals surface area contributed by atoms with Gasteiger partial charge in [0.25, 0.3) is 0 Å². The molecule has 0 saturated carbocycles. The maximum atomic E-state index is 13.6. The summed E-state index contributed by atoms with van der Waals surface area (Å²) >= 11 is 3.36. The largest absolute Gasteiger partial charge is 0.316 e. The minimum atomic E-state index is -0.169. The third-order valence-electron chi connectivity index (χ3n) is 3.85. The van der Waals surface area contributed by atoms with Gasteiger partial charge in [0.1, 0.15) is 5.82 Å². The molecule has 0 aliphatic heterocycles.